The highest BCUT2D eigenvalue weighted by Gasteiger charge is 2.14. The zero-order valence-electron chi connectivity index (χ0n) is 11.8. The summed E-state index contributed by atoms with van der Waals surface area (Å²) in [5.74, 6) is 0.801. The molecule has 0 radical (unpaired) electrons. The Morgan fingerprint density at radius 1 is 1.35 bits per heavy atom. The van der Waals surface area contributed by atoms with Crippen molar-refractivity contribution in [3.8, 4) is 11.8 Å². The van der Waals surface area contributed by atoms with Crippen LogP contribution in [0.5, 0.6) is 5.75 Å². The molecule has 0 unspecified atom stereocenters. The van der Waals surface area contributed by atoms with Gasteiger partial charge in [-0.15, -0.1) is 0 Å². The fraction of sp³-hybridized carbons (Fsp3) is 0.500. The average molecular weight is 296 g/mol. The lowest BCUT2D eigenvalue weighted by Crippen LogP contribution is -2.13. The predicted octanol–water partition coefficient (Wildman–Crippen LogP) is 2.53. The van der Waals surface area contributed by atoms with Gasteiger partial charge in [0.2, 0.25) is 10.0 Å². The van der Waals surface area contributed by atoms with Crippen molar-refractivity contribution in [2.75, 3.05) is 6.61 Å². The number of nitriles is 1. The van der Waals surface area contributed by atoms with Crippen LogP contribution >= 0.6 is 0 Å². The van der Waals surface area contributed by atoms with Gasteiger partial charge >= 0.3 is 0 Å². The molecule has 20 heavy (non-hydrogen) atoms. The van der Waals surface area contributed by atoms with Gasteiger partial charge in [0.1, 0.15) is 5.75 Å². The van der Waals surface area contributed by atoms with E-state index in [0.717, 1.165) is 18.4 Å². The quantitative estimate of drug-likeness (QED) is 0.782. The molecule has 0 aliphatic carbocycles. The van der Waals surface area contributed by atoms with Crippen LogP contribution in [0, 0.1) is 11.3 Å². The van der Waals surface area contributed by atoms with Crippen LogP contribution in [0.2, 0.25) is 0 Å². The fourth-order valence-corrected chi connectivity index (χ4v) is 2.32. The highest BCUT2D eigenvalue weighted by molar-refractivity contribution is 7.89. The first kappa shape index (κ1) is 16.5. The number of rotatable bonds is 7. The maximum Gasteiger partial charge on any atom is 0.238 e. The van der Waals surface area contributed by atoms with Gasteiger partial charge in [0, 0.05) is 6.42 Å². The van der Waals surface area contributed by atoms with Gasteiger partial charge in [-0.3, -0.25) is 0 Å². The minimum absolute atomic E-state index is 0.0954. The van der Waals surface area contributed by atoms with Crippen molar-refractivity contribution < 1.29 is 13.2 Å². The highest BCUT2D eigenvalue weighted by atomic mass is 32.2. The molecule has 0 aliphatic heterocycles. The predicted molar refractivity (Wildman–Crippen MR) is 76.9 cm³/mol. The minimum Gasteiger partial charge on any atom is -0.493 e. The van der Waals surface area contributed by atoms with E-state index in [2.05, 4.69) is 6.07 Å². The maximum atomic E-state index is 11.4. The maximum absolute atomic E-state index is 11.4. The van der Waals surface area contributed by atoms with Crippen LogP contribution in [0.15, 0.2) is 23.1 Å². The van der Waals surface area contributed by atoms with Gasteiger partial charge in [0.25, 0.3) is 0 Å². The molecule has 0 saturated heterocycles. The van der Waals surface area contributed by atoms with E-state index in [-0.39, 0.29) is 10.8 Å². The fourth-order valence-electron chi connectivity index (χ4n) is 1.77. The van der Waals surface area contributed by atoms with Crippen molar-refractivity contribution in [3.05, 3.63) is 23.8 Å². The number of nitrogens with two attached hydrogens (primary N) is 1. The van der Waals surface area contributed by atoms with Crippen LogP contribution in [0.4, 0.5) is 0 Å². The van der Waals surface area contributed by atoms with Crippen LogP contribution in [0.25, 0.3) is 0 Å². The van der Waals surface area contributed by atoms with Crippen LogP contribution in [0.3, 0.4) is 0 Å². The topological polar surface area (TPSA) is 93.2 Å². The Kier molecular flexibility index (Phi) is 5.99. The van der Waals surface area contributed by atoms with E-state index in [4.69, 9.17) is 15.1 Å². The summed E-state index contributed by atoms with van der Waals surface area (Å²) in [7, 11) is -3.70. The summed E-state index contributed by atoms with van der Waals surface area (Å²) in [6, 6.07) is 6.73. The third-order valence-corrected chi connectivity index (χ3v) is 3.78. The molecular formula is C14H20N2O3S. The van der Waals surface area contributed by atoms with E-state index in [1.54, 1.807) is 12.1 Å². The van der Waals surface area contributed by atoms with E-state index in [0.29, 0.717) is 18.8 Å². The molecule has 0 heterocycles. The Morgan fingerprint density at radius 3 is 2.60 bits per heavy atom. The first-order chi connectivity index (χ1) is 9.36. The van der Waals surface area contributed by atoms with Gasteiger partial charge in [-0.25, -0.2) is 13.6 Å². The summed E-state index contributed by atoms with van der Waals surface area (Å²) < 4.78 is 28.4. The van der Waals surface area contributed by atoms with E-state index in [9.17, 15) is 8.42 Å². The van der Waals surface area contributed by atoms with Gasteiger partial charge in [-0.2, -0.15) is 5.26 Å². The Bertz CT molecular complexity index is 589. The first-order valence-electron chi connectivity index (χ1n) is 6.52. The number of hydrogen-bond donors (Lipinski definition) is 1. The molecule has 1 rings (SSSR count). The highest BCUT2D eigenvalue weighted by Crippen LogP contribution is 2.29. The van der Waals surface area contributed by atoms with Crippen LogP contribution in [-0.2, 0) is 10.0 Å². The Morgan fingerprint density at radius 2 is 2.05 bits per heavy atom. The third kappa shape index (κ3) is 4.83. The standard InChI is InChI=1S/C14H20N2O3S/c1-11(2)13-10-12(20(16,17)18)6-7-14(13)19-9-5-3-4-8-15/h6-7,10-11H,3-5,9H2,1-2H3,(H2,16,17,18). The third-order valence-electron chi connectivity index (χ3n) is 2.87. The van der Waals surface area contributed by atoms with E-state index in [1.807, 2.05) is 13.8 Å². The summed E-state index contributed by atoms with van der Waals surface area (Å²) in [5.41, 5.74) is 0.816. The molecule has 0 bridgehead atoms. The van der Waals surface area contributed by atoms with Gasteiger partial charge in [-0.05, 0) is 42.5 Å². The van der Waals surface area contributed by atoms with Crippen molar-refractivity contribution in [1.82, 2.24) is 0 Å². The molecule has 1 aromatic carbocycles. The lowest BCUT2D eigenvalue weighted by atomic mass is 10.0. The van der Waals surface area contributed by atoms with E-state index < -0.39 is 10.0 Å². The van der Waals surface area contributed by atoms with Crippen LogP contribution in [0.1, 0.15) is 44.6 Å². The number of nitrogens with zero attached hydrogens (tertiary/aromatic N) is 1. The van der Waals surface area contributed by atoms with Crippen molar-refractivity contribution in [1.29, 1.82) is 5.26 Å². The largest absolute Gasteiger partial charge is 0.493 e. The summed E-state index contributed by atoms with van der Waals surface area (Å²) in [5, 5.41) is 13.6. The zero-order valence-corrected chi connectivity index (χ0v) is 12.6. The van der Waals surface area contributed by atoms with Crippen molar-refractivity contribution in [2.24, 2.45) is 5.14 Å². The zero-order chi connectivity index (χ0) is 15.2. The van der Waals surface area contributed by atoms with E-state index in [1.165, 1.54) is 6.07 Å². The SMILES string of the molecule is CC(C)c1cc(S(N)(=O)=O)ccc1OCCCCC#N. The molecular weight excluding hydrogens is 276 g/mol. The van der Waals surface area contributed by atoms with Crippen molar-refractivity contribution >= 4 is 10.0 Å². The van der Waals surface area contributed by atoms with E-state index >= 15 is 0 Å². The summed E-state index contributed by atoms with van der Waals surface area (Å²) in [6.07, 6.45) is 2.11. The molecule has 0 aromatic heterocycles. The second-order valence-electron chi connectivity index (χ2n) is 4.86. The summed E-state index contributed by atoms with van der Waals surface area (Å²) >= 11 is 0. The second-order valence-corrected chi connectivity index (χ2v) is 6.42. The Hall–Kier alpha value is -1.58. The lowest BCUT2D eigenvalue weighted by molar-refractivity contribution is 0.303. The van der Waals surface area contributed by atoms with Crippen molar-refractivity contribution in [2.45, 2.75) is 43.9 Å². The number of ether oxygens (including phenoxy) is 1. The van der Waals surface area contributed by atoms with Gasteiger partial charge < -0.3 is 4.74 Å². The van der Waals surface area contributed by atoms with Crippen molar-refractivity contribution in [3.63, 3.8) is 0 Å². The van der Waals surface area contributed by atoms with Gasteiger partial charge in [0.05, 0.1) is 17.6 Å². The smallest absolute Gasteiger partial charge is 0.238 e. The lowest BCUT2D eigenvalue weighted by Gasteiger charge is -2.15. The molecule has 2 N–H and O–H groups in total. The number of sulfonamides is 1. The van der Waals surface area contributed by atoms with Gasteiger partial charge in [0.15, 0.2) is 0 Å². The molecule has 0 spiro atoms. The number of benzene rings is 1. The average Bonchev–Trinajstić information content (AvgIpc) is 2.37. The molecule has 1 aromatic rings. The molecule has 0 atom stereocenters. The van der Waals surface area contributed by atoms with Crippen LogP contribution in [-0.4, -0.2) is 15.0 Å². The Labute approximate surface area is 120 Å². The summed E-state index contributed by atoms with van der Waals surface area (Å²) in [6.45, 7) is 4.44. The summed E-state index contributed by atoms with van der Waals surface area (Å²) in [4.78, 5) is 0.0954. The molecule has 6 heteroatoms. The Balaban J connectivity index is 2.84. The normalized spacial score (nSPS) is 11.3. The minimum atomic E-state index is -3.70. The van der Waals surface area contributed by atoms with Crippen LogP contribution < -0.4 is 9.88 Å². The molecule has 0 saturated carbocycles. The molecule has 110 valence electrons. The number of primary sulfonamides is 1. The number of unbranched alkanes of at least 4 members (excludes halogenated alkanes) is 2. The number of hydrogen-bond acceptors (Lipinski definition) is 4. The van der Waals surface area contributed by atoms with Gasteiger partial charge in [-0.1, -0.05) is 13.8 Å². The first-order valence-corrected chi connectivity index (χ1v) is 8.07. The molecule has 0 amide bonds. The second kappa shape index (κ2) is 7.27. The molecule has 0 fully saturated rings. The molecule has 0 aliphatic rings. The molecule has 5 nitrogen and oxygen atoms in total. The monoisotopic (exact) mass is 296 g/mol.